The van der Waals surface area contributed by atoms with Crippen LogP contribution in [0.15, 0.2) is 36.4 Å². The number of hydrogen-bond acceptors (Lipinski definition) is 5. The van der Waals surface area contributed by atoms with Crippen molar-refractivity contribution >= 4 is 0 Å². The molecule has 2 aromatic rings. The lowest BCUT2D eigenvalue weighted by atomic mass is 10.1. The minimum Gasteiger partial charge on any atom is -0.493 e. The van der Waals surface area contributed by atoms with E-state index in [9.17, 15) is 0 Å². The molecule has 0 spiro atoms. The number of likely N-dealkylation sites (N-methyl/N-ethyl adjacent to an activating group) is 1. The summed E-state index contributed by atoms with van der Waals surface area (Å²) >= 11 is 0. The predicted octanol–water partition coefficient (Wildman–Crippen LogP) is 4.17. The third kappa shape index (κ3) is 5.79. The zero-order valence-corrected chi connectivity index (χ0v) is 17.2. The molecule has 0 atom stereocenters. The molecule has 0 N–H and O–H groups in total. The number of para-hydroxylation sites is 1. The van der Waals surface area contributed by atoms with Crippen LogP contribution < -0.4 is 18.9 Å². The average molecular weight is 373 g/mol. The molecular formula is C22H31NO4. The molecule has 0 bridgehead atoms. The quantitative estimate of drug-likeness (QED) is 0.625. The van der Waals surface area contributed by atoms with Crippen LogP contribution in [0.5, 0.6) is 23.0 Å². The van der Waals surface area contributed by atoms with Crippen molar-refractivity contribution in [1.29, 1.82) is 0 Å². The van der Waals surface area contributed by atoms with E-state index >= 15 is 0 Å². The maximum absolute atomic E-state index is 6.00. The SMILES string of the molecule is COc1ccc(CCN(C)Cc2cccc(OC)c2OC(C)C)cc1OC. The molecule has 2 aromatic carbocycles. The molecule has 0 fully saturated rings. The molecule has 0 aromatic heterocycles. The van der Waals surface area contributed by atoms with Gasteiger partial charge in [0, 0.05) is 18.7 Å². The van der Waals surface area contributed by atoms with Gasteiger partial charge in [0.1, 0.15) is 0 Å². The van der Waals surface area contributed by atoms with E-state index in [1.807, 2.05) is 38.1 Å². The van der Waals surface area contributed by atoms with E-state index in [-0.39, 0.29) is 6.10 Å². The van der Waals surface area contributed by atoms with Crippen LogP contribution in [0.4, 0.5) is 0 Å². The first kappa shape index (κ1) is 20.9. The maximum Gasteiger partial charge on any atom is 0.166 e. The summed E-state index contributed by atoms with van der Waals surface area (Å²) in [6.07, 6.45) is 1.01. The second kappa shape index (κ2) is 10.1. The van der Waals surface area contributed by atoms with Crippen molar-refractivity contribution in [2.75, 3.05) is 34.9 Å². The monoisotopic (exact) mass is 373 g/mol. The van der Waals surface area contributed by atoms with E-state index in [1.54, 1.807) is 21.3 Å². The minimum atomic E-state index is 0.0946. The Hall–Kier alpha value is -2.40. The number of benzene rings is 2. The predicted molar refractivity (Wildman–Crippen MR) is 108 cm³/mol. The van der Waals surface area contributed by atoms with Gasteiger partial charge in [-0.15, -0.1) is 0 Å². The maximum atomic E-state index is 6.00. The molecule has 0 radical (unpaired) electrons. The van der Waals surface area contributed by atoms with Crippen LogP contribution in [0.1, 0.15) is 25.0 Å². The molecule has 0 aliphatic rings. The molecule has 0 heterocycles. The first-order chi connectivity index (χ1) is 13.0. The smallest absolute Gasteiger partial charge is 0.166 e. The van der Waals surface area contributed by atoms with Gasteiger partial charge in [-0.05, 0) is 51.1 Å². The van der Waals surface area contributed by atoms with E-state index in [2.05, 4.69) is 24.1 Å². The third-order valence-electron chi connectivity index (χ3n) is 4.30. The highest BCUT2D eigenvalue weighted by Crippen LogP contribution is 2.33. The van der Waals surface area contributed by atoms with Crippen LogP contribution in [0.3, 0.4) is 0 Å². The van der Waals surface area contributed by atoms with Gasteiger partial charge >= 0.3 is 0 Å². The minimum absolute atomic E-state index is 0.0946. The number of rotatable bonds is 10. The van der Waals surface area contributed by atoms with Gasteiger partial charge < -0.3 is 23.8 Å². The lowest BCUT2D eigenvalue weighted by molar-refractivity contribution is 0.222. The van der Waals surface area contributed by atoms with Crippen molar-refractivity contribution in [2.24, 2.45) is 0 Å². The van der Waals surface area contributed by atoms with Gasteiger partial charge in [-0.1, -0.05) is 18.2 Å². The fraction of sp³-hybridized carbons (Fsp3) is 0.455. The van der Waals surface area contributed by atoms with Crippen molar-refractivity contribution < 1.29 is 18.9 Å². The zero-order valence-electron chi connectivity index (χ0n) is 17.2. The van der Waals surface area contributed by atoms with Gasteiger partial charge in [0.25, 0.3) is 0 Å². The van der Waals surface area contributed by atoms with Gasteiger partial charge in [0.05, 0.1) is 27.4 Å². The standard InChI is InChI=1S/C22H31NO4/c1-16(2)27-22-18(8-7-9-20(22)25-5)15-23(3)13-12-17-10-11-19(24-4)21(14-17)26-6/h7-11,14,16H,12-13,15H2,1-6H3. The number of hydrogen-bond donors (Lipinski definition) is 0. The van der Waals surface area contributed by atoms with Gasteiger partial charge in [0.15, 0.2) is 23.0 Å². The topological polar surface area (TPSA) is 40.2 Å². The van der Waals surface area contributed by atoms with Crippen LogP contribution in [0.25, 0.3) is 0 Å². The highest BCUT2D eigenvalue weighted by molar-refractivity contribution is 5.47. The Morgan fingerprint density at radius 2 is 1.59 bits per heavy atom. The fourth-order valence-corrected chi connectivity index (χ4v) is 2.94. The van der Waals surface area contributed by atoms with Crippen molar-refractivity contribution in [3.8, 4) is 23.0 Å². The lowest BCUT2D eigenvalue weighted by Crippen LogP contribution is -2.21. The molecule has 0 aliphatic heterocycles. The zero-order chi connectivity index (χ0) is 19.8. The van der Waals surface area contributed by atoms with Crippen LogP contribution >= 0.6 is 0 Å². The Kier molecular flexibility index (Phi) is 7.80. The van der Waals surface area contributed by atoms with Crippen LogP contribution in [0.2, 0.25) is 0 Å². The van der Waals surface area contributed by atoms with E-state index in [1.165, 1.54) is 5.56 Å². The largest absolute Gasteiger partial charge is 0.493 e. The molecule has 0 unspecified atom stereocenters. The number of ether oxygens (including phenoxy) is 4. The molecule has 2 rings (SSSR count). The third-order valence-corrected chi connectivity index (χ3v) is 4.30. The van der Waals surface area contributed by atoms with E-state index in [4.69, 9.17) is 18.9 Å². The van der Waals surface area contributed by atoms with Gasteiger partial charge in [-0.25, -0.2) is 0 Å². The molecule has 5 heteroatoms. The summed E-state index contributed by atoms with van der Waals surface area (Å²) < 4.78 is 22.2. The lowest BCUT2D eigenvalue weighted by Gasteiger charge is -2.22. The average Bonchev–Trinajstić information content (AvgIpc) is 2.67. The Morgan fingerprint density at radius 1 is 0.889 bits per heavy atom. The van der Waals surface area contributed by atoms with Crippen molar-refractivity contribution in [3.63, 3.8) is 0 Å². The molecule has 0 saturated heterocycles. The summed E-state index contributed by atoms with van der Waals surface area (Å²) in [4.78, 5) is 2.28. The van der Waals surface area contributed by atoms with E-state index < -0.39 is 0 Å². The van der Waals surface area contributed by atoms with Crippen molar-refractivity contribution in [1.82, 2.24) is 4.90 Å². The van der Waals surface area contributed by atoms with Gasteiger partial charge in [-0.2, -0.15) is 0 Å². The normalized spacial score (nSPS) is 11.0. The van der Waals surface area contributed by atoms with Gasteiger partial charge in [-0.3, -0.25) is 0 Å². The second-order valence-corrected chi connectivity index (χ2v) is 6.79. The summed E-state index contributed by atoms with van der Waals surface area (Å²) in [5.41, 5.74) is 2.33. The van der Waals surface area contributed by atoms with E-state index in [0.717, 1.165) is 48.1 Å². The summed E-state index contributed by atoms with van der Waals surface area (Å²) in [5, 5.41) is 0. The molecule has 0 aliphatic carbocycles. The first-order valence-electron chi connectivity index (χ1n) is 9.20. The Bertz CT molecular complexity index is 730. The highest BCUT2D eigenvalue weighted by Gasteiger charge is 2.14. The Labute approximate surface area is 162 Å². The van der Waals surface area contributed by atoms with Crippen LogP contribution in [-0.4, -0.2) is 45.9 Å². The second-order valence-electron chi connectivity index (χ2n) is 6.79. The Morgan fingerprint density at radius 3 is 2.22 bits per heavy atom. The summed E-state index contributed by atoms with van der Waals surface area (Å²) in [6.45, 7) is 5.74. The number of methoxy groups -OCH3 is 3. The molecule has 0 saturated carbocycles. The van der Waals surface area contributed by atoms with Crippen molar-refractivity contribution in [2.45, 2.75) is 32.9 Å². The highest BCUT2D eigenvalue weighted by atomic mass is 16.5. The van der Waals surface area contributed by atoms with Crippen molar-refractivity contribution in [3.05, 3.63) is 47.5 Å². The summed E-state index contributed by atoms with van der Waals surface area (Å²) in [7, 11) is 7.09. The summed E-state index contributed by atoms with van der Waals surface area (Å²) in [5.74, 6) is 3.11. The first-order valence-corrected chi connectivity index (χ1v) is 9.20. The van der Waals surface area contributed by atoms with Crippen LogP contribution in [0, 0.1) is 0 Å². The number of nitrogens with zero attached hydrogens (tertiary/aromatic N) is 1. The van der Waals surface area contributed by atoms with E-state index in [0.29, 0.717) is 0 Å². The molecule has 5 nitrogen and oxygen atoms in total. The molecular weight excluding hydrogens is 342 g/mol. The molecule has 27 heavy (non-hydrogen) atoms. The molecule has 0 amide bonds. The fourth-order valence-electron chi connectivity index (χ4n) is 2.94. The van der Waals surface area contributed by atoms with Crippen LogP contribution in [-0.2, 0) is 13.0 Å². The Balaban J connectivity index is 2.05. The van der Waals surface area contributed by atoms with Gasteiger partial charge in [0.2, 0.25) is 0 Å². The molecule has 148 valence electrons. The summed E-state index contributed by atoms with van der Waals surface area (Å²) in [6, 6.07) is 12.1.